The lowest BCUT2D eigenvalue weighted by atomic mass is 10.1. The quantitative estimate of drug-likeness (QED) is 0.650. The molecule has 3 rings (SSSR count). The monoisotopic (exact) mass is 316 g/mol. The van der Waals surface area contributed by atoms with E-state index in [0.717, 1.165) is 38.3 Å². The highest BCUT2D eigenvalue weighted by Gasteiger charge is 2.15. The Morgan fingerprint density at radius 3 is 2.64 bits per heavy atom. The first kappa shape index (κ1) is 15.1. The van der Waals surface area contributed by atoms with E-state index in [9.17, 15) is 0 Å². The van der Waals surface area contributed by atoms with E-state index in [1.165, 1.54) is 18.4 Å². The number of hydrogen-bond acceptors (Lipinski definition) is 4. The summed E-state index contributed by atoms with van der Waals surface area (Å²) in [4.78, 5) is 11.1. The van der Waals surface area contributed by atoms with Crippen molar-refractivity contribution in [2.24, 2.45) is 0 Å². The minimum atomic E-state index is 0.502. The molecule has 116 valence electrons. The second-order valence-electron chi connectivity index (χ2n) is 5.58. The van der Waals surface area contributed by atoms with E-state index in [1.807, 2.05) is 12.1 Å². The SMILES string of the molecule is Clc1cc(N2CCCC2)nc(NCCCc2ccccc2)n1. The Morgan fingerprint density at radius 2 is 1.86 bits per heavy atom. The number of nitrogens with zero attached hydrogens (tertiary/aromatic N) is 3. The molecular formula is C17H21ClN4. The maximum atomic E-state index is 6.12. The number of rotatable bonds is 6. The number of hydrogen-bond donors (Lipinski definition) is 1. The fraction of sp³-hybridized carbons (Fsp3) is 0.412. The van der Waals surface area contributed by atoms with E-state index in [2.05, 4.69) is 44.5 Å². The molecule has 4 nitrogen and oxygen atoms in total. The Bertz CT molecular complexity index is 597. The average molecular weight is 317 g/mol. The van der Waals surface area contributed by atoms with Gasteiger partial charge in [0.25, 0.3) is 0 Å². The van der Waals surface area contributed by atoms with Crippen LogP contribution in [0.15, 0.2) is 36.4 Å². The van der Waals surface area contributed by atoms with Crippen LogP contribution in [0.2, 0.25) is 5.15 Å². The molecule has 0 spiro atoms. The Hall–Kier alpha value is -1.81. The summed E-state index contributed by atoms with van der Waals surface area (Å²) in [5, 5.41) is 3.79. The van der Waals surface area contributed by atoms with Gasteiger partial charge in [-0.15, -0.1) is 0 Å². The third kappa shape index (κ3) is 4.10. The van der Waals surface area contributed by atoms with Crippen molar-refractivity contribution >= 4 is 23.4 Å². The van der Waals surface area contributed by atoms with Gasteiger partial charge >= 0.3 is 0 Å². The van der Waals surface area contributed by atoms with Gasteiger partial charge < -0.3 is 10.2 Å². The summed E-state index contributed by atoms with van der Waals surface area (Å²) in [5.74, 6) is 1.56. The molecule has 0 atom stereocenters. The van der Waals surface area contributed by atoms with E-state index in [4.69, 9.17) is 11.6 Å². The maximum absolute atomic E-state index is 6.12. The average Bonchev–Trinajstić information content (AvgIpc) is 3.07. The molecule has 22 heavy (non-hydrogen) atoms. The Labute approximate surface area is 136 Å². The van der Waals surface area contributed by atoms with Crippen molar-refractivity contribution < 1.29 is 0 Å². The zero-order valence-electron chi connectivity index (χ0n) is 12.6. The van der Waals surface area contributed by atoms with Gasteiger partial charge in [0.05, 0.1) is 0 Å². The molecule has 2 aromatic rings. The first-order chi connectivity index (χ1) is 10.8. The second kappa shape index (κ2) is 7.45. The molecule has 1 N–H and O–H groups in total. The topological polar surface area (TPSA) is 41.1 Å². The molecule has 0 aliphatic carbocycles. The van der Waals surface area contributed by atoms with Crippen LogP contribution in [0.25, 0.3) is 0 Å². The number of halogens is 1. The molecule has 0 unspecified atom stereocenters. The van der Waals surface area contributed by atoms with Crippen molar-refractivity contribution in [3.05, 3.63) is 47.1 Å². The largest absolute Gasteiger partial charge is 0.356 e. The summed E-state index contributed by atoms with van der Waals surface area (Å²) in [6.45, 7) is 2.95. The van der Waals surface area contributed by atoms with Crippen LogP contribution in [0.4, 0.5) is 11.8 Å². The van der Waals surface area contributed by atoms with Crippen LogP contribution < -0.4 is 10.2 Å². The van der Waals surface area contributed by atoms with Crippen molar-refractivity contribution in [2.75, 3.05) is 29.9 Å². The van der Waals surface area contributed by atoms with Gasteiger partial charge in [-0.05, 0) is 31.2 Å². The van der Waals surface area contributed by atoms with Gasteiger partial charge in [0.2, 0.25) is 5.95 Å². The molecule has 1 fully saturated rings. The number of nitrogens with one attached hydrogen (secondary N) is 1. The van der Waals surface area contributed by atoms with Crippen LogP contribution in [0, 0.1) is 0 Å². The molecule has 1 aliphatic rings. The maximum Gasteiger partial charge on any atom is 0.226 e. The van der Waals surface area contributed by atoms with E-state index >= 15 is 0 Å². The molecule has 0 radical (unpaired) electrons. The molecule has 1 aromatic heterocycles. The molecule has 1 saturated heterocycles. The molecule has 0 amide bonds. The van der Waals surface area contributed by atoms with Gasteiger partial charge in [-0.2, -0.15) is 4.98 Å². The van der Waals surface area contributed by atoms with E-state index in [-0.39, 0.29) is 0 Å². The predicted octanol–water partition coefficient (Wildman–Crippen LogP) is 3.77. The van der Waals surface area contributed by atoms with Gasteiger partial charge in [0, 0.05) is 25.7 Å². The van der Waals surface area contributed by atoms with Gasteiger partial charge in [0.1, 0.15) is 11.0 Å². The summed E-state index contributed by atoms with van der Waals surface area (Å²) >= 11 is 6.12. The fourth-order valence-corrected chi connectivity index (χ4v) is 2.91. The lowest BCUT2D eigenvalue weighted by molar-refractivity contribution is 0.849. The number of aromatic nitrogens is 2. The van der Waals surface area contributed by atoms with E-state index in [1.54, 1.807) is 0 Å². The Morgan fingerprint density at radius 1 is 1.09 bits per heavy atom. The lowest BCUT2D eigenvalue weighted by Gasteiger charge is -2.17. The summed E-state index contributed by atoms with van der Waals surface area (Å²) < 4.78 is 0. The van der Waals surface area contributed by atoms with Crippen LogP contribution in [0.1, 0.15) is 24.8 Å². The highest BCUT2D eigenvalue weighted by atomic mass is 35.5. The van der Waals surface area contributed by atoms with Gasteiger partial charge in [-0.25, -0.2) is 4.98 Å². The second-order valence-corrected chi connectivity index (χ2v) is 5.97. The van der Waals surface area contributed by atoms with Crippen LogP contribution >= 0.6 is 11.6 Å². The zero-order valence-corrected chi connectivity index (χ0v) is 13.4. The first-order valence-corrected chi connectivity index (χ1v) is 8.26. The number of benzene rings is 1. The molecular weight excluding hydrogens is 296 g/mol. The molecule has 2 heterocycles. The minimum Gasteiger partial charge on any atom is -0.356 e. The van der Waals surface area contributed by atoms with Crippen molar-refractivity contribution in [1.29, 1.82) is 0 Å². The summed E-state index contributed by atoms with van der Waals surface area (Å²) in [6.07, 6.45) is 4.54. The van der Waals surface area contributed by atoms with Crippen LogP contribution in [0.5, 0.6) is 0 Å². The molecule has 1 aromatic carbocycles. The highest BCUT2D eigenvalue weighted by Crippen LogP contribution is 2.22. The predicted molar refractivity (Wildman–Crippen MR) is 91.7 cm³/mol. The normalized spacial score (nSPS) is 14.3. The van der Waals surface area contributed by atoms with Gasteiger partial charge in [-0.1, -0.05) is 41.9 Å². The Kier molecular flexibility index (Phi) is 5.11. The smallest absolute Gasteiger partial charge is 0.226 e. The van der Waals surface area contributed by atoms with Crippen molar-refractivity contribution in [1.82, 2.24) is 9.97 Å². The van der Waals surface area contributed by atoms with Crippen molar-refractivity contribution in [2.45, 2.75) is 25.7 Å². The third-order valence-electron chi connectivity index (χ3n) is 3.88. The fourth-order valence-electron chi connectivity index (χ4n) is 2.73. The van der Waals surface area contributed by atoms with Gasteiger partial charge in [0.15, 0.2) is 0 Å². The number of anilines is 2. The summed E-state index contributed by atoms with van der Waals surface area (Å²) in [7, 11) is 0. The Balaban J connectivity index is 1.53. The molecule has 0 saturated carbocycles. The summed E-state index contributed by atoms with van der Waals surface area (Å²) in [5.41, 5.74) is 1.36. The molecule has 0 bridgehead atoms. The van der Waals surface area contributed by atoms with Crippen LogP contribution in [0.3, 0.4) is 0 Å². The number of aryl methyl sites for hydroxylation is 1. The third-order valence-corrected chi connectivity index (χ3v) is 4.07. The van der Waals surface area contributed by atoms with E-state index < -0.39 is 0 Å². The molecule has 1 aliphatic heterocycles. The van der Waals surface area contributed by atoms with Crippen LogP contribution in [-0.2, 0) is 6.42 Å². The first-order valence-electron chi connectivity index (χ1n) is 7.88. The molecule has 5 heteroatoms. The lowest BCUT2D eigenvalue weighted by Crippen LogP contribution is -2.20. The summed E-state index contributed by atoms with van der Waals surface area (Å²) in [6, 6.07) is 12.3. The van der Waals surface area contributed by atoms with Crippen LogP contribution in [-0.4, -0.2) is 29.6 Å². The standard InChI is InChI=1S/C17H21ClN4/c18-15-13-16(22-11-4-5-12-22)21-17(20-15)19-10-6-9-14-7-2-1-3-8-14/h1-3,7-8,13H,4-6,9-12H2,(H,19,20,21). The van der Waals surface area contributed by atoms with E-state index in [0.29, 0.717) is 11.1 Å². The highest BCUT2D eigenvalue weighted by molar-refractivity contribution is 6.29. The van der Waals surface area contributed by atoms with Crippen molar-refractivity contribution in [3.8, 4) is 0 Å². The minimum absolute atomic E-state index is 0.502. The van der Waals surface area contributed by atoms with Crippen molar-refractivity contribution in [3.63, 3.8) is 0 Å². The zero-order chi connectivity index (χ0) is 15.2. The van der Waals surface area contributed by atoms with Gasteiger partial charge in [-0.3, -0.25) is 0 Å².